The van der Waals surface area contributed by atoms with Crippen molar-refractivity contribution in [2.24, 2.45) is 5.92 Å². The minimum absolute atomic E-state index is 0.00997. The first-order valence-corrected chi connectivity index (χ1v) is 12.0. The fourth-order valence-corrected chi connectivity index (χ4v) is 4.89. The number of likely N-dealkylation sites (tertiary alicyclic amines) is 1. The molecule has 1 aromatic carbocycles. The van der Waals surface area contributed by atoms with Crippen molar-refractivity contribution in [1.29, 1.82) is 0 Å². The summed E-state index contributed by atoms with van der Waals surface area (Å²) >= 11 is 13.6. The second-order valence-electron chi connectivity index (χ2n) is 7.73. The van der Waals surface area contributed by atoms with Crippen LogP contribution < -0.4 is 10.6 Å². The molecule has 0 radical (unpaired) electrons. The van der Waals surface area contributed by atoms with Gasteiger partial charge >= 0.3 is 0 Å². The summed E-state index contributed by atoms with van der Waals surface area (Å²) in [7, 11) is 0. The lowest BCUT2D eigenvalue weighted by molar-refractivity contribution is -0.126. The Labute approximate surface area is 195 Å². The number of carbonyl (C=O) groups is 2. The highest BCUT2D eigenvalue weighted by molar-refractivity contribution is 7.14. The van der Waals surface area contributed by atoms with Crippen LogP contribution >= 0.6 is 34.5 Å². The molecule has 7 nitrogen and oxygen atoms in total. The van der Waals surface area contributed by atoms with Crippen LogP contribution in [-0.4, -0.2) is 54.0 Å². The van der Waals surface area contributed by atoms with Crippen LogP contribution in [0.2, 0.25) is 10.0 Å². The number of halogens is 2. The molecule has 0 spiro atoms. The maximum atomic E-state index is 13.0. The Hall–Kier alpha value is -1.87. The zero-order valence-corrected chi connectivity index (χ0v) is 19.2. The molecule has 166 valence electrons. The van der Waals surface area contributed by atoms with Crippen LogP contribution in [0.1, 0.15) is 36.2 Å². The lowest BCUT2D eigenvalue weighted by atomic mass is 9.97. The van der Waals surface area contributed by atoms with Gasteiger partial charge in [0, 0.05) is 31.6 Å². The van der Waals surface area contributed by atoms with E-state index in [1.54, 1.807) is 28.5 Å². The Morgan fingerprint density at radius 1 is 1.26 bits per heavy atom. The number of anilines is 2. The highest BCUT2D eigenvalue weighted by Gasteiger charge is 2.30. The van der Waals surface area contributed by atoms with Crippen molar-refractivity contribution in [3.63, 3.8) is 0 Å². The quantitative estimate of drug-likeness (QED) is 0.639. The lowest BCUT2D eigenvalue weighted by Crippen LogP contribution is -2.46. The van der Waals surface area contributed by atoms with Gasteiger partial charge in [0.2, 0.25) is 5.91 Å². The van der Waals surface area contributed by atoms with Gasteiger partial charge in [-0.25, -0.2) is 4.98 Å². The number of thiazole rings is 1. The maximum absolute atomic E-state index is 13.0. The van der Waals surface area contributed by atoms with E-state index in [-0.39, 0.29) is 23.8 Å². The standard InChI is InChI=1S/C21H24Cl2N4O3S/c22-15-6-1-7-16(18(15)23)25-21-26-17(12-31-21)20(29)27-8-2-4-13(11-27)19(28)24-10-14-5-3-9-30-14/h1,6-7,12-14H,2-5,8-11H2,(H,24,28)(H,25,26)/t13-,14-/m0/s1. The van der Waals surface area contributed by atoms with Gasteiger partial charge in [-0.15, -0.1) is 11.3 Å². The summed E-state index contributed by atoms with van der Waals surface area (Å²) in [5, 5.41) is 9.20. The number of hydrogen-bond acceptors (Lipinski definition) is 6. The molecule has 1 aromatic heterocycles. The Bertz CT molecular complexity index is 948. The summed E-state index contributed by atoms with van der Waals surface area (Å²) in [6.07, 6.45) is 3.70. The average molecular weight is 483 g/mol. The first kappa shape index (κ1) is 22.3. The van der Waals surface area contributed by atoms with Crippen molar-refractivity contribution in [3.8, 4) is 0 Å². The average Bonchev–Trinajstić information content (AvgIpc) is 3.47. The largest absolute Gasteiger partial charge is 0.376 e. The molecule has 2 N–H and O–H groups in total. The SMILES string of the molecule is O=C(NC[C@@H]1CCCO1)[C@H]1CCCN(C(=O)c2csc(Nc3cccc(Cl)c3Cl)n2)C1. The molecule has 0 saturated carbocycles. The Morgan fingerprint density at radius 2 is 2.13 bits per heavy atom. The van der Waals surface area contributed by atoms with E-state index in [0.29, 0.717) is 46.2 Å². The molecular formula is C21H24Cl2N4O3S. The predicted octanol–water partition coefficient (Wildman–Crippen LogP) is 4.34. The molecule has 2 atom stereocenters. The number of aromatic nitrogens is 1. The minimum atomic E-state index is -0.208. The molecule has 2 fully saturated rings. The molecule has 2 aromatic rings. The molecule has 10 heteroatoms. The highest BCUT2D eigenvalue weighted by Crippen LogP contribution is 2.32. The van der Waals surface area contributed by atoms with Gasteiger partial charge < -0.3 is 20.3 Å². The number of ether oxygens (including phenoxy) is 1. The van der Waals surface area contributed by atoms with Crippen LogP contribution in [0, 0.1) is 5.92 Å². The van der Waals surface area contributed by atoms with E-state index in [2.05, 4.69) is 15.6 Å². The lowest BCUT2D eigenvalue weighted by Gasteiger charge is -2.31. The summed E-state index contributed by atoms with van der Waals surface area (Å²) in [4.78, 5) is 31.7. The third-order valence-electron chi connectivity index (χ3n) is 5.52. The van der Waals surface area contributed by atoms with Gasteiger partial charge in [-0.2, -0.15) is 0 Å². The van der Waals surface area contributed by atoms with Gasteiger partial charge in [-0.1, -0.05) is 29.3 Å². The number of rotatable bonds is 6. The number of piperidine rings is 1. The van der Waals surface area contributed by atoms with Crippen molar-refractivity contribution in [2.75, 3.05) is 31.6 Å². The summed E-state index contributed by atoms with van der Waals surface area (Å²) in [6, 6.07) is 5.28. The number of amides is 2. The van der Waals surface area contributed by atoms with Gasteiger partial charge in [0.15, 0.2) is 5.13 Å². The Kier molecular flexibility index (Phi) is 7.32. The van der Waals surface area contributed by atoms with E-state index in [1.807, 2.05) is 0 Å². The van der Waals surface area contributed by atoms with Crippen LogP contribution in [-0.2, 0) is 9.53 Å². The smallest absolute Gasteiger partial charge is 0.273 e. The second kappa shape index (κ2) is 10.2. The van der Waals surface area contributed by atoms with E-state index in [0.717, 1.165) is 32.3 Å². The molecule has 2 saturated heterocycles. The zero-order valence-electron chi connectivity index (χ0n) is 16.9. The predicted molar refractivity (Wildman–Crippen MR) is 122 cm³/mol. The first-order chi connectivity index (χ1) is 15.0. The third kappa shape index (κ3) is 5.49. The van der Waals surface area contributed by atoms with Gasteiger partial charge in [-0.3, -0.25) is 9.59 Å². The van der Waals surface area contributed by atoms with Crippen molar-refractivity contribution >= 4 is 57.2 Å². The zero-order chi connectivity index (χ0) is 21.8. The molecule has 0 unspecified atom stereocenters. The Morgan fingerprint density at radius 3 is 2.94 bits per heavy atom. The molecule has 2 amide bonds. The number of nitrogens with zero attached hydrogens (tertiary/aromatic N) is 2. The van der Waals surface area contributed by atoms with Crippen molar-refractivity contribution in [3.05, 3.63) is 39.3 Å². The van der Waals surface area contributed by atoms with Crippen LogP contribution in [0.25, 0.3) is 0 Å². The number of carbonyl (C=O) groups excluding carboxylic acids is 2. The minimum Gasteiger partial charge on any atom is -0.376 e. The summed E-state index contributed by atoms with van der Waals surface area (Å²) in [6.45, 7) is 2.32. The van der Waals surface area contributed by atoms with E-state index < -0.39 is 0 Å². The molecule has 3 heterocycles. The van der Waals surface area contributed by atoms with Gasteiger partial charge in [0.25, 0.3) is 5.91 Å². The Balaban J connectivity index is 1.34. The molecule has 0 bridgehead atoms. The molecule has 31 heavy (non-hydrogen) atoms. The topological polar surface area (TPSA) is 83.6 Å². The van der Waals surface area contributed by atoms with Crippen LogP contribution in [0.3, 0.4) is 0 Å². The van der Waals surface area contributed by atoms with Gasteiger partial charge in [0.1, 0.15) is 5.69 Å². The van der Waals surface area contributed by atoms with E-state index in [1.165, 1.54) is 11.3 Å². The second-order valence-corrected chi connectivity index (χ2v) is 9.38. The highest BCUT2D eigenvalue weighted by atomic mass is 35.5. The summed E-state index contributed by atoms with van der Waals surface area (Å²) in [5.41, 5.74) is 0.981. The molecular weight excluding hydrogens is 459 g/mol. The van der Waals surface area contributed by atoms with Gasteiger partial charge in [-0.05, 0) is 37.8 Å². The number of nitrogens with one attached hydrogen (secondary N) is 2. The fourth-order valence-electron chi connectivity index (χ4n) is 3.85. The fraction of sp³-hybridized carbons (Fsp3) is 0.476. The van der Waals surface area contributed by atoms with Crippen molar-refractivity contribution in [1.82, 2.24) is 15.2 Å². The van der Waals surface area contributed by atoms with E-state index in [4.69, 9.17) is 27.9 Å². The summed E-state index contributed by atoms with van der Waals surface area (Å²) in [5.74, 6) is -0.386. The van der Waals surface area contributed by atoms with Crippen molar-refractivity contribution in [2.45, 2.75) is 31.8 Å². The number of hydrogen-bond donors (Lipinski definition) is 2. The van der Waals surface area contributed by atoms with Crippen molar-refractivity contribution < 1.29 is 14.3 Å². The first-order valence-electron chi connectivity index (χ1n) is 10.4. The van der Waals surface area contributed by atoms with Crippen LogP contribution in [0.5, 0.6) is 0 Å². The molecule has 2 aliphatic heterocycles. The van der Waals surface area contributed by atoms with E-state index >= 15 is 0 Å². The normalized spacial score (nSPS) is 21.2. The monoisotopic (exact) mass is 482 g/mol. The number of benzene rings is 1. The van der Waals surface area contributed by atoms with E-state index in [9.17, 15) is 9.59 Å². The molecule has 4 rings (SSSR count). The summed E-state index contributed by atoms with van der Waals surface area (Å²) < 4.78 is 5.56. The van der Waals surface area contributed by atoms with Crippen LogP contribution in [0.15, 0.2) is 23.6 Å². The molecule has 2 aliphatic rings. The molecule has 0 aliphatic carbocycles. The maximum Gasteiger partial charge on any atom is 0.273 e. The van der Waals surface area contributed by atoms with Crippen LogP contribution in [0.4, 0.5) is 10.8 Å². The van der Waals surface area contributed by atoms with Gasteiger partial charge in [0.05, 0.1) is 27.8 Å². The third-order valence-corrected chi connectivity index (χ3v) is 7.10.